The molecule has 1 aromatic carbocycles. The highest BCUT2D eigenvalue weighted by atomic mass is 35.5. The monoisotopic (exact) mass is 316 g/mol. The predicted molar refractivity (Wildman–Crippen MR) is 81.2 cm³/mol. The second kappa shape index (κ2) is 6.43. The van der Waals surface area contributed by atoms with Crippen molar-refractivity contribution in [3.63, 3.8) is 0 Å². The Morgan fingerprint density at radius 2 is 2.10 bits per heavy atom. The number of halogens is 1. The van der Waals surface area contributed by atoms with Gasteiger partial charge in [0.1, 0.15) is 0 Å². The van der Waals surface area contributed by atoms with Crippen molar-refractivity contribution < 1.29 is 8.42 Å². The molecule has 0 saturated heterocycles. The number of sulfonamides is 1. The lowest BCUT2D eigenvalue weighted by Crippen LogP contribution is -2.34. The molecule has 0 radical (unpaired) electrons. The lowest BCUT2D eigenvalue weighted by molar-refractivity contribution is 0.395. The first-order valence-electron chi connectivity index (χ1n) is 7.01. The fraction of sp³-hybridized carbons (Fsp3) is 0.571. The highest BCUT2D eigenvalue weighted by Gasteiger charge is 2.37. The Kier molecular flexibility index (Phi) is 5.07. The average Bonchev–Trinajstić information content (AvgIpc) is 3.24. The Hall–Kier alpha value is -0.620. The molecule has 112 valence electrons. The van der Waals surface area contributed by atoms with Gasteiger partial charge in [0.15, 0.2) is 0 Å². The molecule has 0 spiro atoms. The number of benzene rings is 1. The minimum atomic E-state index is -3.44. The van der Waals surface area contributed by atoms with Gasteiger partial charge in [-0.05, 0) is 43.0 Å². The first kappa shape index (κ1) is 15.8. The van der Waals surface area contributed by atoms with E-state index in [1.165, 1.54) is 0 Å². The Labute approximate surface area is 126 Å². The molecule has 2 N–H and O–H groups in total. The molecular formula is C14H21ClN2O2S. The van der Waals surface area contributed by atoms with E-state index in [0.29, 0.717) is 22.0 Å². The highest BCUT2D eigenvalue weighted by molar-refractivity contribution is 7.89. The van der Waals surface area contributed by atoms with E-state index in [9.17, 15) is 8.42 Å². The second-order valence-electron chi connectivity index (χ2n) is 5.16. The Bertz CT molecular complexity index is 571. The molecule has 20 heavy (non-hydrogen) atoms. The van der Waals surface area contributed by atoms with E-state index in [0.717, 1.165) is 25.7 Å². The molecule has 1 aliphatic carbocycles. The molecule has 1 aromatic rings. The molecule has 2 rings (SSSR count). The van der Waals surface area contributed by atoms with Crippen LogP contribution in [0.4, 0.5) is 0 Å². The van der Waals surface area contributed by atoms with E-state index < -0.39 is 10.0 Å². The summed E-state index contributed by atoms with van der Waals surface area (Å²) in [5.41, 5.74) is 6.26. The van der Waals surface area contributed by atoms with Crippen molar-refractivity contribution in [1.29, 1.82) is 0 Å². The third-order valence-corrected chi connectivity index (χ3v) is 5.85. The average molecular weight is 317 g/mol. The summed E-state index contributed by atoms with van der Waals surface area (Å²) in [4.78, 5) is 0.297. The topological polar surface area (TPSA) is 63.4 Å². The van der Waals surface area contributed by atoms with E-state index >= 15 is 0 Å². The van der Waals surface area contributed by atoms with Crippen molar-refractivity contribution in [3.8, 4) is 0 Å². The van der Waals surface area contributed by atoms with Crippen LogP contribution in [0.25, 0.3) is 0 Å². The summed E-state index contributed by atoms with van der Waals surface area (Å²) in [5, 5.41) is 0.512. The third-order valence-electron chi connectivity index (χ3n) is 3.53. The van der Waals surface area contributed by atoms with Gasteiger partial charge in [0, 0.05) is 24.2 Å². The molecule has 0 aliphatic heterocycles. The van der Waals surface area contributed by atoms with Crippen LogP contribution in [0.3, 0.4) is 0 Å². The molecule has 0 bridgehead atoms. The zero-order chi connectivity index (χ0) is 14.8. The molecule has 1 fully saturated rings. The van der Waals surface area contributed by atoms with Crippen molar-refractivity contribution in [2.75, 3.05) is 6.54 Å². The fourth-order valence-electron chi connectivity index (χ4n) is 2.18. The van der Waals surface area contributed by atoms with Gasteiger partial charge in [-0.3, -0.25) is 0 Å². The molecule has 1 aliphatic rings. The highest BCUT2D eigenvalue weighted by Crippen LogP contribution is 2.33. The van der Waals surface area contributed by atoms with E-state index in [4.69, 9.17) is 17.3 Å². The van der Waals surface area contributed by atoms with Crippen LogP contribution in [0, 0.1) is 0 Å². The summed E-state index contributed by atoms with van der Waals surface area (Å²) in [7, 11) is -3.44. The van der Waals surface area contributed by atoms with Gasteiger partial charge in [-0.25, -0.2) is 8.42 Å². The number of nitrogens with zero attached hydrogens (tertiary/aromatic N) is 1. The summed E-state index contributed by atoms with van der Waals surface area (Å²) < 4.78 is 27.1. The standard InChI is InChI=1S/C14H21ClN2O2S/c1-2-3-8-17(12-4-5-12)20(18,19)13-6-7-14(15)11(9-13)10-16/h6-7,9,12H,2-5,8,10,16H2,1H3. The summed E-state index contributed by atoms with van der Waals surface area (Å²) in [6.45, 7) is 2.89. The summed E-state index contributed by atoms with van der Waals surface area (Å²) in [6, 6.07) is 4.95. The number of unbranched alkanes of at least 4 members (excludes halogenated alkanes) is 1. The van der Waals surface area contributed by atoms with Crippen LogP contribution in [-0.4, -0.2) is 25.3 Å². The van der Waals surface area contributed by atoms with Crippen LogP contribution in [0.2, 0.25) is 5.02 Å². The lowest BCUT2D eigenvalue weighted by atomic mass is 10.2. The minimum Gasteiger partial charge on any atom is -0.326 e. The second-order valence-corrected chi connectivity index (χ2v) is 7.46. The van der Waals surface area contributed by atoms with Crippen molar-refractivity contribution in [2.45, 2.75) is 50.1 Å². The Morgan fingerprint density at radius 3 is 2.65 bits per heavy atom. The van der Waals surface area contributed by atoms with Gasteiger partial charge < -0.3 is 5.73 Å². The van der Waals surface area contributed by atoms with Crippen LogP contribution in [-0.2, 0) is 16.6 Å². The van der Waals surface area contributed by atoms with Crippen molar-refractivity contribution in [2.24, 2.45) is 5.73 Å². The molecule has 1 saturated carbocycles. The molecular weight excluding hydrogens is 296 g/mol. The zero-order valence-electron chi connectivity index (χ0n) is 11.7. The molecule has 0 amide bonds. The SMILES string of the molecule is CCCCN(C1CC1)S(=O)(=O)c1ccc(Cl)c(CN)c1. The number of hydrogen-bond acceptors (Lipinski definition) is 3. The van der Waals surface area contributed by atoms with Crippen LogP contribution in [0.1, 0.15) is 38.2 Å². The maximum absolute atomic E-state index is 12.7. The van der Waals surface area contributed by atoms with Gasteiger partial charge in [-0.2, -0.15) is 4.31 Å². The van der Waals surface area contributed by atoms with Gasteiger partial charge >= 0.3 is 0 Å². The van der Waals surface area contributed by atoms with Gasteiger partial charge in [0.05, 0.1) is 4.90 Å². The third kappa shape index (κ3) is 3.34. The molecule has 6 heteroatoms. The maximum Gasteiger partial charge on any atom is 0.243 e. The predicted octanol–water partition coefficient (Wildman–Crippen LogP) is 2.75. The molecule has 4 nitrogen and oxygen atoms in total. The number of hydrogen-bond donors (Lipinski definition) is 1. The molecule has 0 aromatic heterocycles. The smallest absolute Gasteiger partial charge is 0.243 e. The van der Waals surface area contributed by atoms with Gasteiger partial charge in [-0.15, -0.1) is 0 Å². The Morgan fingerprint density at radius 1 is 1.40 bits per heavy atom. The fourth-order valence-corrected chi connectivity index (χ4v) is 4.15. The van der Waals surface area contributed by atoms with Crippen LogP contribution in [0.5, 0.6) is 0 Å². The normalized spacial score (nSPS) is 15.8. The van der Waals surface area contributed by atoms with Crippen molar-refractivity contribution in [1.82, 2.24) is 4.31 Å². The van der Waals surface area contributed by atoms with Gasteiger partial charge in [0.2, 0.25) is 10.0 Å². The molecule has 0 atom stereocenters. The number of rotatable bonds is 7. The van der Waals surface area contributed by atoms with Gasteiger partial charge in [0.25, 0.3) is 0 Å². The van der Waals surface area contributed by atoms with E-state index in [1.54, 1.807) is 22.5 Å². The largest absolute Gasteiger partial charge is 0.326 e. The van der Waals surface area contributed by atoms with Crippen LogP contribution < -0.4 is 5.73 Å². The first-order chi connectivity index (χ1) is 9.50. The first-order valence-corrected chi connectivity index (χ1v) is 8.82. The quantitative estimate of drug-likeness (QED) is 0.841. The van der Waals surface area contributed by atoms with Crippen LogP contribution >= 0.6 is 11.6 Å². The maximum atomic E-state index is 12.7. The van der Waals surface area contributed by atoms with Crippen molar-refractivity contribution >= 4 is 21.6 Å². The zero-order valence-corrected chi connectivity index (χ0v) is 13.3. The Balaban J connectivity index is 2.32. The minimum absolute atomic E-state index is 0.170. The van der Waals surface area contributed by atoms with E-state index in [2.05, 4.69) is 6.92 Å². The number of nitrogens with two attached hydrogens (primary N) is 1. The summed E-state index contributed by atoms with van der Waals surface area (Å²) in [6.07, 6.45) is 3.78. The van der Waals surface area contributed by atoms with E-state index in [-0.39, 0.29) is 12.6 Å². The lowest BCUT2D eigenvalue weighted by Gasteiger charge is -2.22. The van der Waals surface area contributed by atoms with Crippen LogP contribution in [0.15, 0.2) is 23.1 Å². The molecule has 0 unspecified atom stereocenters. The molecule has 0 heterocycles. The summed E-state index contributed by atoms with van der Waals surface area (Å²) in [5.74, 6) is 0. The van der Waals surface area contributed by atoms with Gasteiger partial charge in [-0.1, -0.05) is 24.9 Å². The van der Waals surface area contributed by atoms with Crippen molar-refractivity contribution in [3.05, 3.63) is 28.8 Å². The summed E-state index contributed by atoms with van der Waals surface area (Å²) >= 11 is 6.00. The van der Waals surface area contributed by atoms with E-state index in [1.807, 2.05) is 0 Å².